The van der Waals surface area contributed by atoms with Crippen molar-refractivity contribution in [2.24, 2.45) is 0 Å². The fraction of sp³-hybridized carbons (Fsp3) is 0.235. The van der Waals surface area contributed by atoms with Crippen molar-refractivity contribution >= 4 is 17.5 Å². The highest BCUT2D eigenvalue weighted by atomic mass is 16.1. The van der Waals surface area contributed by atoms with Gasteiger partial charge in [-0.05, 0) is 50.6 Å². The number of hydrogen-bond donors (Lipinski definition) is 0. The zero-order valence-corrected chi connectivity index (χ0v) is 12.9. The van der Waals surface area contributed by atoms with Crippen LogP contribution in [0.5, 0.6) is 0 Å². The monoisotopic (exact) mass is 294 g/mol. The average molecular weight is 294 g/mol. The molecular formula is C17H18N4O. The highest BCUT2D eigenvalue weighted by Gasteiger charge is 2.07. The number of ketones is 1. The van der Waals surface area contributed by atoms with Crippen LogP contribution in [0.4, 0.5) is 0 Å². The van der Waals surface area contributed by atoms with E-state index in [1.807, 2.05) is 43.5 Å². The molecule has 3 aromatic rings. The van der Waals surface area contributed by atoms with E-state index in [-0.39, 0.29) is 11.8 Å². The molecule has 0 fully saturated rings. The summed E-state index contributed by atoms with van der Waals surface area (Å²) in [6.45, 7) is 6.08. The summed E-state index contributed by atoms with van der Waals surface area (Å²) in [6.07, 6.45) is 10.4. The molecule has 0 unspecified atom stereocenters. The smallest absolute Gasteiger partial charge is 0.189 e. The van der Waals surface area contributed by atoms with Crippen LogP contribution in [0.3, 0.4) is 0 Å². The third-order valence-electron chi connectivity index (χ3n) is 3.52. The van der Waals surface area contributed by atoms with Crippen LogP contribution in [-0.4, -0.2) is 24.9 Å². The number of aromatic nitrogens is 4. The number of nitrogens with zero attached hydrogens (tertiary/aromatic N) is 4. The summed E-state index contributed by atoms with van der Waals surface area (Å²) in [5, 5.41) is 4.19. The number of rotatable bonds is 4. The van der Waals surface area contributed by atoms with Gasteiger partial charge in [0.25, 0.3) is 0 Å². The van der Waals surface area contributed by atoms with Gasteiger partial charge in [0.15, 0.2) is 5.78 Å². The van der Waals surface area contributed by atoms with Crippen molar-refractivity contribution in [1.82, 2.24) is 19.2 Å². The summed E-state index contributed by atoms with van der Waals surface area (Å²) in [4.78, 5) is 16.5. The van der Waals surface area contributed by atoms with Crippen LogP contribution in [0.15, 0.2) is 43.0 Å². The maximum atomic E-state index is 12.2. The lowest BCUT2D eigenvalue weighted by Gasteiger charge is -2.02. The van der Waals surface area contributed by atoms with Crippen LogP contribution in [-0.2, 0) is 0 Å². The molecule has 0 bridgehead atoms. The minimum atomic E-state index is -0.0611. The van der Waals surface area contributed by atoms with Crippen LogP contribution >= 0.6 is 0 Å². The van der Waals surface area contributed by atoms with Gasteiger partial charge in [-0.2, -0.15) is 5.10 Å². The molecule has 3 aromatic heterocycles. The van der Waals surface area contributed by atoms with Crippen molar-refractivity contribution in [3.8, 4) is 0 Å². The predicted octanol–water partition coefficient (Wildman–Crippen LogP) is 3.32. The van der Waals surface area contributed by atoms with E-state index >= 15 is 0 Å². The van der Waals surface area contributed by atoms with Gasteiger partial charge in [0, 0.05) is 18.4 Å². The van der Waals surface area contributed by atoms with Gasteiger partial charge in [-0.25, -0.2) is 4.98 Å². The molecule has 112 valence electrons. The van der Waals surface area contributed by atoms with Crippen molar-refractivity contribution in [1.29, 1.82) is 0 Å². The molecule has 5 heteroatoms. The minimum absolute atomic E-state index is 0.0611. The Morgan fingerprint density at radius 1 is 1.32 bits per heavy atom. The Bertz CT molecular complexity index is 855. The van der Waals surface area contributed by atoms with E-state index in [4.69, 9.17) is 0 Å². The van der Waals surface area contributed by atoms with E-state index in [1.165, 1.54) is 0 Å². The Morgan fingerprint density at radius 2 is 2.14 bits per heavy atom. The number of carbonyl (C=O) groups is 1. The number of imidazole rings is 1. The summed E-state index contributed by atoms with van der Waals surface area (Å²) >= 11 is 0. The van der Waals surface area contributed by atoms with Crippen molar-refractivity contribution in [3.05, 3.63) is 59.8 Å². The zero-order valence-electron chi connectivity index (χ0n) is 12.9. The Hall–Kier alpha value is -2.69. The lowest BCUT2D eigenvalue weighted by molar-refractivity contribution is 0.104. The Labute approximate surface area is 128 Å². The average Bonchev–Trinajstić information content (AvgIpc) is 3.11. The molecule has 0 N–H and O–H groups in total. The molecule has 5 nitrogen and oxygen atoms in total. The molecule has 0 saturated carbocycles. The first-order valence-electron chi connectivity index (χ1n) is 7.25. The van der Waals surface area contributed by atoms with Crippen molar-refractivity contribution in [2.45, 2.75) is 26.8 Å². The van der Waals surface area contributed by atoms with Gasteiger partial charge >= 0.3 is 0 Å². The highest BCUT2D eigenvalue weighted by molar-refractivity contribution is 6.06. The van der Waals surface area contributed by atoms with Gasteiger partial charge < -0.3 is 4.40 Å². The van der Waals surface area contributed by atoms with Crippen LogP contribution in [0.1, 0.15) is 41.5 Å². The Morgan fingerprint density at radius 3 is 2.86 bits per heavy atom. The standard InChI is InChI=1S/C17H18N4O/c1-12(2)21-11-14(9-19-21)16(22)5-4-15-10-18-17-8-13(3)6-7-20(15)17/h4-12H,1-3H3. The van der Waals surface area contributed by atoms with E-state index in [0.29, 0.717) is 5.56 Å². The van der Waals surface area contributed by atoms with Crippen LogP contribution in [0, 0.1) is 6.92 Å². The van der Waals surface area contributed by atoms with E-state index in [1.54, 1.807) is 35.4 Å². The molecule has 0 aliphatic heterocycles. The maximum absolute atomic E-state index is 12.2. The summed E-state index contributed by atoms with van der Waals surface area (Å²) < 4.78 is 3.73. The zero-order chi connectivity index (χ0) is 15.7. The third kappa shape index (κ3) is 2.70. The van der Waals surface area contributed by atoms with Gasteiger partial charge in [-0.3, -0.25) is 9.48 Å². The van der Waals surface area contributed by atoms with E-state index < -0.39 is 0 Å². The topological polar surface area (TPSA) is 52.2 Å². The fourth-order valence-electron chi connectivity index (χ4n) is 2.23. The molecule has 3 rings (SSSR count). The molecule has 0 aliphatic rings. The van der Waals surface area contributed by atoms with Gasteiger partial charge in [0.1, 0.15) is 5.65 Å². The lowest BCUT2D eigenvalue weighted by Crippen LogP contribution is -2.00. The van der Waals surface area contributed by atoms with Gasteiger partial charge in [-0.15, -0.1) is 0 Å². The molecule has 0 amide bonds. The molecule has 0 aromatic carbocycles. The fourth-order valence-corrected chi connectivity index (χ4v) is 2.23. The minimum Gasteiger partial charge on any atom is -0.300 e. The largest absolute Gasteiger partial charge is 0.300 e. The summed E-state index contributed by atoms with van der Waals surface area (Å²) in [5.74, 6) is -0.0611. The normalized spacial score (nSPS) is 11.8. The number of fused-ring (bicyclic) bond motifs is 1. The second-order valence-electron chi connectivity index (χ2n) is 5.62. The second kappa shape index (κ2) is 5.60. The highest BCUT2D eigenvalue weighted by Crippen LogP contribution is 2.12. The van der Waals surface area contributed by atoms with Gasteiger partial charge in [0.2, 0.25) is 0 Å². The second-order valence-corrected chi connectivity index (χ2v) is 5.62. The number of carbonyl (C=O) groups excluding carboxylic acids is 1. The van der Waals surface area contributed by atoms with Gasteiger partial charge in [0.05, 0.1) is 23.7 Å². The Balaban J connectivity index is 1.84. The van der Waals surface area contributed by atoms with Crippen molar-refractivity contribution < 1.29 is 4.79 Å². The number of aryl methyl sites for hydroxylation is 1. The molecular weight excluding hydrogens is 276 g/mol. The quantitative estimate of drug-likeness (QED) is 0.548. The molecule has 0 radical (unpaired) electrons. The van der Waals surface area contributed by atoms with Crippen LogP contribution in [0.25, 0.3) is 11.7 Å². The molecule has 0 spiro atoms. The molecule has 22 heavy (non-hydrogen) atoms. The maximum Gasteiger partial charge on any atom is 0.189 e. The number of pyridine rings is 1. The lowest BCUT2D eigenvalue weighted by atomic mass is 10.2. The van der Waals surface area contributed by atoms with E-state index in [9.17, 15) is 4.79 Å². The van der Waals surface area contributed by atoms with Crippen LogP contribution < -0.4 is 0 Å². The third-order valence-corrected chi connectivity index (χ3v) is 3.52. The summed E-state index contributed by atoms with van der Waals surface area (Å²) in [6, 6.07) is 4.26. The number of allylic oxidation sites excluding steroid dienone is 1. The number of hydrogen-bond acceptors (Lipinski definition) is 3. The van der Waals surface area contributed by atoms with Crippen molar-refractivity contribution in [2.75, 3.05) is 0 Å². The predicted molar refractivity (Wildman–Crippen MR) is 85.9 cm³/mol. The summed E-state index contributed by atoms with van der Waals surface area (Å²) in [5.41, 5.74) is 3.50. The molecule has 0 aliphatic carbocycles. The van der Waals surface area contributed by atoms with Crippen molar-refractivity contribution in [3.63, 3.8) is 0 Å². The first kappa shape index (κ1) is 14.3. The SMILES string of the molecule is Cc1ccn2c(C=CC(=O)c3cnn(C(C)C)c3)cnc2c1. The molecule has 0 atom stereocenters. The van der Waals surface area contributed by atoms with Crippen LogP contribution in [0.2, 0.25) is 0 Å². The molecule has 0 saturated heterocycles. The van der Waals surface area contributed by atoms with Gasteiger partial charge in [-0.1, -0.05) is 0 Å². The molecule has 3 heterocycles. The summed E-state index contributed by atoms with van der Waals surface area (Å²) in [7, 11) is 0. The first-order chi connectivity index (χ1) is 10.5. The Kier molecular flexibility index (Phi) is 3.63. The van der Waals surface area contributed by atoms with E-state index in [2.05, 4.69) is 10.1 Å². The van der Waals surface area contributed by atoms with E-state index in [0.717, 1.165) is 16.9 Å². The first-order valence-corrected chi connectivity index (χ1v) is 7.25.